The highest BCUT2D eigenvalue weighted by Crippen LogP contribution is 2.26. The number of carbonyl (C=O) groups is 2. The molecule has 0 unspecified atom stereocenters. The number of nitrogens with zero attached hydrogens (tertiary/aromatic N) is 1. The van der Waals surface area contributed by atoms with Crippen molar-refractivity contribution < 1.29 is 22.4 Å². The third-order valence-corrected chi connectivity index (χ3v) is 7.03. The standard InChI is InChI=1S/C22H21N3O5S/c1-3-20(26)23-16-12-25(13-16)31(28,29)17-10-8-15(9-11-17)24-22(27)21-14(2)18-6-4-5-7-19(18)30-21/h3-11,16H,1,12-13H2,2H3,(H,23,26)(H,24,27). The van der Waals surface area contributed by atoms with Crippen LogP contribution in [-0.2, 0) is 14.8 Å². The molecule has 9 heteroatoms. The number of para-hydroxylation sites is 1. The van der Waals surface area contributed by atoms with E-state index in [0.29, 0.717) is 11.3 Å². The molecule has 2 heterocycles. The van der Waals surface area contributed by atoms with Gasteiger partial charge in [-0.05, 0) is 43.3 Å². The number of hydrogen-bond donors (Lipinski definition) is 2. The number of hydrogen-bond acceptors (Lipinski definition) is 5. The minimum Gasteiger partial charge on any atom is -0.451 e. The van der Waals surface area contributed by atoms with Crippen LogP contribution in [0.2, 0.25) is 0 Å². The molecular formula is C22H21N3O5S. The Bertz CT molecular complexity index is 1270. The first-order chi connectivity index (χ1) is 14.8. The van der Waals surface area contributed by atoms with Crippen molar-refractivity contribution in [3.05, 3.63) is 72.5 Å². The van der Waals surface area contributed by atoms with Gasteiger partial charge in [-0.15, -0.1) is 0 Å². The molecule has 0 aliphatic carbocycles. The summed E-state index contributed by atoms with van der Waals surface area (Å²) in [7, 11) is -3.67. The van der Waals surface area contributed by atoms with Crippen LogP contribution in [0.4, 0.5) is 5.69 Å². The normalized spacial score (nSPS) is 14.7. The highest BCUT2D eigenvalue weighted by Gasteiger charge is 2.37. The van der Waals surface area contributed by atoms with Crippen LogP contribution in [0.5, 0.6) is 0 Å². The molecule has 0 atom stereocenters. The van der Waals surface area contributed by atoms with E-state index in [1.807, 2.05) is 25.1 Å². The second kappa shape index (κ2) is 8.01. The van der Waals surface area contributed by atoms with Crippen molar-refractivity contribution in [1.29, 1.82) is 0 Å². The minimum atomic E-state index is -3.67. The van der Waals surface area contributed by atoms with Crippen molar-refractivity contribution in [3.8, 4) is 0 Å². The molecule has 0 saturated carbocycles. The number of anilines is 1. The second-order valence-electron chi connectivity index (χ2n) is 7.26. The molecule has 160 valence electrons. The summed E-state index contributed by atoms with van der Waals surface area (Å²) in [5.41, 5.74) is 1.82. The van der Waals surface area contributed by atoms with E-state index >= 15 is 0 Å². The van der Waals surface area contributed by atoms with E-state index in [0.717, 1.165) is 17.0 Å². The highest BCUT2D eigenvalue weighted by atomic mass is 32.2. The molecule has 8 nitrogen and oxygen atoms in total. The molecule has 2 N–H and O–H groups in total. The molecule has 4 rings (SSSR count). The zero-order valence-corrected chi connectivity index (χ0v) is 17.6. The van der Waals surface area contributed by atoms with E-state index in [1.165, 1.54) is 28.6 Å². The fourth-order valence-electron chi connectivity index (χ4n) is 3.42. The minimum absolute atomic E-state index is 0.110. The number of sulfonamides is 1. The first kappa shape index (κ1) is 20.8. The zero-order valence-electron chi connectivity index (χ0n) is 16.8. The predicted octanol–water partition coefficient (Wildman–Crippen LogP) is 2.67. The summed E-state index contributed by atoms with van der Waals surface area (Å²) in [6.45, 7) is 5.59. The average Bonchev–Trinajstić information content (AvgIpc) is 3.07. The van der Waals surface area contributed by atoms with Crippen LogP contribution in [0.1, 0.15) is 16.1 Å². The Balaban J connectivity index is 1.43. The Hall–Kier alpha value is -3.43. The van der Waals surface area contributed by atoms with E-state index in [9.17, 15) is 18.0 Å². The van der Waals surface area contributed by atoms with Gasteiger partial charge in [0.25, 0.3) is 5.91 Å². The van der Waals surface area contributed by atoms with Crippen LogP contribution in [0, 0.1) is 6.92 Å². The molecule has 1 aromatic heterocycles. The average molecular weight is 439 g/mol. The molecule has 1 aliphatic heterocycles. The number of nitrogens with one attached hydrogen (secondary N) is 2. The number of furan rings is 1. The van der Waals surface area contributed by atoms with Gasteiger partial charge in [0, 0.05) is 29.7 Å². The van der Waals surface area contributed by atoms with E-state index in [2.05, 4.69) is 17.2 Å². The summed E-state index contributed by atoms with van der Waals surface area (Å²) in [5, 5.41) is 6.26. The van der Waals surface area contributed by atoms with Crippen LogP contribution < -0.4 is 10.6 Å². The number of aryl methyl sites for hydroxylation is 1. The molecular weight excluding hydrogens is 418 g/mol. The van der Waals surface area contributed by atoms with Crippen molar-refractivity contribution in [2.75, 3.05) is 18.4 Å². The van der Waals surface area contributed by atoms with Crippen molar-refractivity contribution in [2.45, 2.75) is 17.9 Å². The lowest BCUT2D eigenvalue weighted by Gasteiger charge is -2.38. The van der Waals surface area contributed by atoms with Crippen LogP contribution in [0.25, 0.3) is 11.0 Å². The SMILES string of the molecule is C=CC(=O)NC1CN(S(=O)(=O)c2ccc(NC(=O)c3oc4ccccc4c3C)cc2)C1. The Labute approximate surface area is 179 Å². The third kappa shape index (κ3) is 3.97. The molecule has 1 fully saturated rings. The first-order valence-corrected chi connectivity index (χ1v) is 11.1. The molecule has 2 amide bonds. The van der Waals surface area contributed by atoms with Gasteiger partial charge in [-0.1, -0.05) is 24.8 Å². The maximum atomic E-state index is 12.7. The Morgan fingerprint density at radius 3 is 2.45 bits per heavy atom. The molecule has 3 aromatic rings. The van der Waals surface area contributed by atoms with Gasteiger partial charge in [-0.3, -0.25) is 9.59 Å². The third-order valence-electron chi connectivity index (χ3n) is 5.18. The second-order valence-corrected chi connectivity index (χ2v) is 9.20. The first-order valence-electron chi connectivity index (χ1n) is 9.62. The summed E-state index contributed by atoms with van der Waals surface area (Å²) in [6.07, 6.45) is 1.15. The number of rotatable bonds is 6. The smallest absolute Gasteiger partial charge is 0.291 e. The van der Waals surface area contributed by atoms with Gasteiger partial charge in [-0.25, -0.2) is 8.42 Å². The quantitative estimate of drug-likeness (QED) is 0.574. The van der Waals surface area contributed by atoms with Crippen molar-refractivity contribution in [3.63, 3.8) is 0 Å². The molecule has 31 heavy (non-hydrogen) atoms. The van der Waals surface area contributed by atoms with Gasteiger partial charge < -0.3 is 15.1 Å². The molecule has 2 aromatic carbocycles. The van der Waals surface area contributed by atoms with Crippen LogP contribution in [-0.4, -0.2) is 43.7 Å². The largest absolute Gasteiger partial charge is 0.451 e. The number of fused-ring (bicyclic) bond motifs is 1. The van der Waals surface area contributed by atoms with Gasteiger partial charge in [-0.2, -0.15) is 4.31 Å². The maximum absolute atomic E-state index is 12.7. The number of carbonyl (C=O) groups excluding carboxylic acids is 2. The molecule has 1 saturated heterocycles. The van der Waals surface area contributed by atoms with Crippen LogP contribution >= 0.6 is 0 Å². The van der Waals surface area contributed by atoms with E-state index in [1.54, 1.807) is 6.07 Å². The summed E-state index contributed by atoms with van der Waals surface area (Å²) < 4.78 is 32.4. The Morgan fingerprint density at radius 1 is 1.13 bits per heavy atom. The topological polar surface area (TPSA) is 109 Å². The van der Waals surface area contributed by atoms with Gasteiger partial charge in [0.2, 0.25) is 15.9 Å². The number of amides is 2. The van der Waals surface area contributed by atoms with Crippen LogP contribution in [0.15, 0.2) is 70.5 Å². The molecule has 0 radical (unpaired) electrons. The van der Waals surface area contributed by atoms with Crippen LogP contribution in [0.3, 0.4) is 0 Å². The van der Waals surface area contributed by atoms with Crippen molar-refractivity contribution >= 4 is 38.5 Å². The molecule has 0 bridgehead atoms. The van der Waals surface area contributed by atoms with Gasteiger partial charge in [0.05, 0.1) is 10.9 Å². The number of benzene rings is 2. The monoisotopic (exact) mass is 439 g/mol. The molecule has 0 spiro atoms. The van der Waals surface area contributed by atoms with Gasteiger partial charge >= 0.3 is 0 Å². The van der Waals surface area contributed by atoms with Gasteiger partial charge in [0.15, 0.2) is 5.76 Å². The van der Waals surface area contributed by atoms with E-state index < -0.39 is 15.9 Å². The van der Waals surface area contributed by atoms with E-state index in [4.69, 9.17) is 4.42 Å². The van der Waals surface area contributed by atoms with Gasteiger partial charge in [0.1, 0.15) is 5.58 Å². The lowest BCUT2D eigenvalue weighted by Crippen LogP contribution is -2.60. The fourth-order valence-corrected chi connectivity index (χ4v) is 4.95. The van der Waals surface area contributed by atoms with Crippen molar-refractivity contribution in [2.24, 2.45) is 0 Å². The highest BCUT2D eigenvalue weighted by molar-refractivity contribution is 7.89. The summed E-state index contributed by atoms with van der Waals surface area (Å²) >= 11 is 0. The predicted molar refractivity (Wildman–Crippen MR) is 116 cm³/mol. The van der Waals surface area contributed by atoms with E-state index in [-0.39, 0.29) is 35.7 Å². The fraction of sp³-hybridized carbons (Fsp3) is 0.182. The lowest BCUT2D eigenvalue weighted by molar-refractivity contribution is -0.117. The summed E-state index contributed by atoms with van der Waals surface area (Å²) in [6, 6.07) is 13.1. The summed E-state index contributed by atoms with van der Waals surface area (Å²) in [5.74, 6) is -0.527. The zero-order chi connectivity index (χ0) is 22.2. The Morgan fingerprint density at radius 2 is 1.81 bits per heavy atom. The van der Waals surface area contributed by atoms with Crippen molar-refractivity contribution in [1.82, 2.24) is 9.62 Å². The Kier molecular flexibility index (Phi) is 5.38. The molecule has 1 aliphatic rings. The lowest BCUT2D eigenvalue weighted by atomic mass is 10.1. The summed E-state index contributed by atoms with van der Waals surface area (Å²) in [4.78, 5) is 24.0. The maximum Gasteiger partial charge on any atom is 0.291 e.